The van der Waals surface area contributed by atoms with Gasteiger partial charge in [-0.05, 0) is 56.6 Å². The maximum absolute atomic E-state index is 17.3. The molecule has 4 rings (SSSR count). The molecule has 18 heteroatoms. The number of Topliss-reactive ketones (excluding diaryl/α,β-unsaturated/α-hetero) is 1. The van der Waals surface area contributed by atoms with Gasteiger partial charge in [0.25, 0.3) is 0 Å². The van der Waals surface area contributed by atoms with E-state index in [9.17, 15) is 29.4 Å². The number of carbonyl (C=O) groups is 4. The summed E-state index contributed by atoms with van der Waals surface area (Å²) in [7, 11) is 0. The quantitative estimate of drug-likeness (QED) is 0.101. The van der Waals surface area contributed by atoms with E-state index < -0.39 is 113 Å². The lowest BCUT2D eigenvalue weighted by molar-refractivity contribution is -0.527. The Hall–Kier alpha value is -2.75. The van der Waals surface area contributed by atoms with Crippen LogP contribution >= 0.6 is 0 Å². The number of esters is 2. The second-order valence-electron chi connectivity index (χ2n) is 13.2. The average molecular weight is 676 g/mol. The Morgan fingerprint density at radius 2 is 1.79 bits per heavy atom. The molecule has 4 aliphatic carbocycles. The number of ketones is 2. The molecule has 0 aromatic heterocycles. The summed E-state index contributed by atoms with van der Waals surface area (Å²) in [6.07, 6.45) is 1.13. The van der Waals surface area contributed by atoms with Crippen molar-refractivity contribution in [2.24, 2.45) is 34.3 Å². The lowest BCUT2D eigenvalue weighted by Crippen LogP contribution is -2.69. The number of nitrogens with zero attached hydrogens (tertiary/aromatic N) is 2. The van der Waals surface area contributed by atoms with Crippen LogP contribution in [0.5, 0.6) is 0 Å². The molecule has 0 aromatic rings. The predicted octanol–water partition coefficient (Wildman–Crippen LogP) is 0.0998. The van der Waals surface area contributed by atoms with Crippen LogP contribution in [0.3, 0.4) is 0 Å². The summed E-state index contributed by atoms with van der Waals surface area (Å²) < 4.78 is 27.2. The Bertz CT molecular complexity index is 1310. The van der Waals surface area contributed by atoms with E-state index in [-0.39, 0.29) is 18.6 Å². The van der Waals surface area contributed by atoms with Gasteiger partial charge in [-0.1, -0.05) is 25.5 Å². The molecule has 0 spiro atoms. The molecule has 3 fully saturated rings. The molecule has 0 radical (unpaired) electrons. The van der Waals surface area contributed by atoms with Crippen molar-refractivity contribution < 1.29 is 73.8 Å². The highest BCUT2D eigenvalue weighted by molar-refractivity contribution is 6.01. The van der Waals surface area contributed by atoms with Crippen LogP contribution in [-0.2, 0) is 38.3 Å². The summed E-state index contributed by atoms with van der Waals surface area (Å²) in [6, 6.07) is -1.61. The molecule has 0 amide bonds. The summed E-state index contributed by atoms with van der Waals surface area (Å²) in [4.78, 5) is 59.1. The number of halogens is 1. The third kappa shape index (κ3) is 6.52. The molecule has 2 unspecified atom stereocenters. The van der Waals surface area contributed by atoms with Crippen molar-refractivity contribution in [1.82, 2.24) is 10.8 Å². The summed E-state index contributed by atoms with van der Waals surface area (Å²) in [5.74, 6) is -5.33. The molecule has 4 aliphatic rings. The first-order chi connectivity index (χ1) is 21.8. The molecule has 17 nitrogen and oxygen atoms in total. The minimum Gasteiger partial charge on any atom is -0.462 e. The molecule has 264 valence electrons. The zero-order valence-corrected chi connectivity index (χ0v) is 26.2. The molecule has 47 heavy (non-hydrogen) atoms. The molecule has 3 saturated carbocycles. The zero-order valence-electron chi connectivity index (χ0n) is 26.2. The topological polar surface area (TPSA) is 259 Å². The van der Waals surface area contributed by atoms with Crippen molar-refractivity contribution >= 4 is 23.5 Å². The van der Waals surface area contributed by atoms with Gasteiger partial charge in [0, 0.05) is 16.7 Å². The minimum atomic E-state index is -2.16. The second-order valence-corrected chi connectivity index (χ2v) is 13.2. The van der Waals surface area contributed by atoms with E-state index in [1.807, 2.05) is 0 Å². The lowest BCUT2D eigenvalue weighted by atomic mass is 9.44. The molecule has 0 bridgehead atoms. The molecule has 0 aliphatic heterocycles. The predicted molar refractivity (Wildman–Crippen MR) is 149 cm³/mol. The van der Waals surface area contributed by atoms with E-state index in [0.717, 1.165) is 0 Å². The SMILES string of the molecule is C[C@H]1C[C@H]2[C@@H]3CCC4=CC(=O)C=C[C@]4(C)[C@@]3(F)[C@@H](O)C[C@]2(C)[C@@]1(O)C(=O)COC(=O)CC(N)C(=O)OCC(CON(O)O)ON(O)O. The normalized spacial score (nSPS) is 37.5. The lowest BCUT2D eigenvalue weighted by Gasteiger charge is -2.62. The first-order valence-corrected chi connectivity index (χ1v) is 15.1. The maximum Gasteiger partial charge on any atom is 0.323 e. The van der Waals surface area contributed by atoms with Gasteiger partial charge in [-0.25, -0.2) is 14.1 Å². The molecule has 8 N–H and O–H groups in total. The number of rotatable bonds is 13. The van der Waals surface area contributed by atoms with Crippen molar-refractivity contribution in [1.29, 1.82) is 0 Å². The molecule has 0 aromatic carbocycles. The van der Waals surface area contributed by atoms with Crippen molar-refractivity contribution in [3.05, 3.63) is 23.8 Å². The van der Waals surface area contributed by atoms with E-state index in [1.54, 1.807) is 20.8 Å². The molecule has 0 heterocycles. The third-order valence-electron chi connectivity index (χ3n) is 10.7. The zero-order chi connectivity index (χ0) is 35.1. The maximum atomic E-state index is 17.3. The number of aliphatic hydroxyl groups excluding tert-OH is 1. The van der Waals surface area contributed by atoms with Crippen LogP contribution in [0.1, 0.15) is 52.9 Å². The molecular weight excluding hydrogens is 633 g/mol. The van der Waals surface area contributed by atoms with Gasteiger partial charge in [0.2, 0.25) is 5.78 Å². The first kappa shape index (κ1) is 37.1. The van der Waals surface area contributed by atoms with E-state index in [4.69, 9.17) is 36.0 Å². The van der Waals surface area contributed by atoms with Gasteiger partial charge in [0.1, 0.15) is 31.0 Å². The number of ether oxygens (including phenoxy) is 2. The van der Waals surface area contributed by atoms with Crippen molar-refractivity contribution in [2.45, 2.75) is 82.4 Å². The summed E-state index contributed by atoms with van der Waals surface area (Å²) in [5, 5.41) is 56.8. The smallest absolute Gasteiger partial charge is 0.323 e. The highest BCUT2D eigenvalue weighted by Crippen LogP contribution is 2.70. The molecular formula is C29H42FN3O14. The summed E-state index contributed by atoms with van der Waals surface area (Å²) >= 11 is 0. The number of carbonyl (C=O) groups excluding carboxylic acids is 4. The van der Waals surface area contributed by atoms with Crippen molar-refractivity contribution in [3.63, 3.8) is 0 Å². The Kier molecular flexibility index (Phi) is 10.8. The second kappa shape index (κ2) is 13.6. The fourth-order valence-electron chi connectivity index (χ4n) is 8.39. The van der Waals surface area contributed by atoms with Crippen LogP contribution in [0, 0.1) is 28.6 Å². The van der Waals surface area contributed by atoms with Crippen LogP contribution < -0.4 is 5.73 Å². The number of hydrogen-bond acceptors (Lipinski definition) is 17. The molecule has 0 saturated heterocycles. The van der Waals surface area contributed by atoms with Gasteiger partial charge in [0.05, 0.1) is 23.3 Å². The van der Waals surface area contributed by atoms with Gasteiger partial charge in [0.15, 0.2) is 18.1 Å². The van der Waals surface area contributed by atoms with Crippen LogP contribution in [0.4, 0.5) is 4.39 Å². The van der Waals surface area contributed by atoms with Crippen LogP contribution in [0.25, 0.3) is 0 Å². The van der Waals surface area contributed by atoms with Gasteiger partial charge >= 0.3 is 11.9 Å². The number of allylic oxidation sites excluding steroid dienone is 4. The summed E-state index contributed by atoms with van der Waals surface area (Å²) in [5.41, 5.74) is -0.485. The van der Waals surface area contributed by atoms with Crippen LogP contribution in [0.15, 0.2) is 23.8 Å². The standard InChI is InChI=1S/C29H42FN3O14/c1-15-8-20-19-5-4-16-9-17(34)6-7-26(16,2)28(19,30)22(35)11-27(20,3)29(15,39)23(36)14-44-24(37)10-21(31)25(38)45-12-18(47-33(42)43)13-46-32(40)41/h6-7,9,15,18-22,35,39-43H,4-5,8,10-14,31H2,1-3H3/t15-,18?,19-,20-,21?,22-,26-,27-,28-,29-/m0/s1. The summed E-state index contributed by atoms with van der Waals surface area (Å²) in [6.45, 7) is 2.57. The Labute approximate surface area is 268 Å². The third-order valence-corrected chi connectivity index (χ3v) is 10.7. The van der Waals surface area contributed by atoms with Gasteiger partial charge in [-0.15, -0.1) is 0 Å². The highest BCUT2D eigenvalue weighted by Gasteiger charge is 2.75. The Morgan fingerprint density at radius 1 is 1.11 bits per heavy atom. The number of nitrogens with two attached hydrogens (primary N) is 1. The average Bonchev–Trinajstić information content (AvgIpc) is 3.19. The highest BCUT2D eigenvalue weighted by atomic mass is 19.1. The first-order valence-electron chi connectivity index (χ1n) is 15.1. The van der Waals surface area contributed by atoms with Crippen molar-refractivity contribution in [2.75, 3.05) is 19.8 Å². The van der Waals surface area contributed by atoms with Crippen molar-refractivity contribution in [3.8, 4) is 0 Å². The van der Waals surface area contributed by atoms with E-state index in [2.05, 4.69) is 9.68 Å². The monoisotopic (exact) mass is 675 g/mol. The van der Waals surface area contributed by atoms with E-state index in [1.165, 1.54) is 18.2 Å². The number of fused-ring (bicyclic) bond motifs is 5. The molecule has 10 atom stereocenters. The number of alkyl halides is 1. The fourth-order valence-corrected chi connectivity index (χ4v) is 8.39. The van der Waals surface area contributed by atoms with Gasteiger partial charge in [-0.2, -0.15) is 0 Å². The number of aliphatic hydroxyl groups is 2. The van der Waals surface area contributed by atoms with E-state index in [0.29, 0.717) is 18.4 Å². The van der Waals surface area contributed by atoms with Crippen LogP contribution in [-0.4, -0.2) is 115 Å². The minimum absolute atomic E-state index is 0.249. The van der Waals surface area contributed by atoms with E-state index >= 15 is 4.39 Å². The fraction of sp³-hybridized carbons (Fsp3) is 0.724. The van der Waals surface area contributed by atoms with Gasteiger partial charge < -0.3 is 25.4 Å². The van der Waals surface area contributed by atoms with Gasteiger partial charge in [-0.3, -0.25) is 40.0 Å². The number of hydrogen-bond donors (Lipinski definition) is 7. The largest absolute Gasteiger partial charge is 0.462 e. The Balaban J connectivity index is 1.39. The Morgan fingerprint density at radius 3 is 2.43 bits per heavy atom. The van der Waals surface area contributed by atoms with Crippen LogP contribution in [0.2, 0.25) is 0 Å².